The highest BCUT2D eigenvalue weighted by molar-refractivity contribution is 5.76. The van der Waals surface area contributed by atoms with Crippen LogP contribution in [0.4, 0.5) is 0 Å². The fourth-order valence-electron chi connectivity index (χ4n) is 3.12. The van der Waals surface area contributed by atoms with Gasteiger partial charge in [-0.05, 0) is 81.3 Å². The average Bonchev–Trinajstić information content (AvgIpc) is 2.81. The minimum atomic E-state index is -0.599. The molecule has 5 nitrogen and oxygen atoms in total. The molecule has 0 bridgehead atoms. The molecular formula is C27H35NO4. The summed E-state index contributed by atoms with van der Waals surface area (Å²) in [5, 5.41) is 8.89. The first-order chi connectivity index (χ1) is 15.5. The van der Waals surface area contributed by atoms with Gasteiger partial charge >= 0.3 is 5.97 Å². The lowest BCUT2D eigenvalue weighted by molar-refractivity contribution is -0.157. The summed E-state index contributed by atoms with van der Waals surface area (Å²) < 4.78 is 16.7. The van der Waals surface area contributed by atoms with Crippen LogP contribution >= 0.6 is 0 Å². The van der Waals surface area contributed by atoms with Crippen molar-refractivity contribution in [3.8, 4) is 22.9 Å². The molecule has 0 radical (unpaired) electrons. The minimum Gasteiger partial charge on any atom is -0.494 e. The van der Waals surface area contributed by atoms with Crippen molar-refractivity contribution in [2.75, 3.05) is 26.4 Å². The quantitative estimate of drug-likeness (QED) is 0.261. The Labute approximate surface area is 192 Å². The van der Waals surface area contributed by atoms with Gasteiger partial charge in [-0.1, -0.05) is 31.2 Å². The van der Waals surface area contributed by atoms with Crippen LogP contribution in [-0.2, 0) is 14.3 Å². The van der Waals surface area contributed by atoms with E-state index in [4.69, 9.17) is 19.5 Å². The summed E-state index contributed by atoms with van der Waals surface area (Å²) in [7, 11) is 0. The Kier molecular flexibility index (Phi) is 10.8. The van der Waals surface area contributed by atoms with Crippen molar-refractivity contribution in [3.05, 3.63) is 54.1 Å². The van der Waals surface area contributed by atoms with E-state index in [1.165, 1.54) is 0 Å². The second-order valence-corrected chi connectivity index (χ2v) is 8.55. The standard InChI is InChI=1S/C27H35NO4/c1-4-17-30-21-27(2,3)26(29)32-19-8-6-5-7-18-31-25-15-13-24(14-16-25)23-11-9-22(20-28)10-12-23/h9-16H,4-8,17-19,21H2,1-3H3. The Morgan fingerprint density at radius 2 is 1.47 bits per heavy atom. The first-order valence-electron chi connectivity index (χ1n) is 11.4. The van der Waals surface area contributed by atoms with Crippen molar-refractivity contribution < 1.29 is 19.0 Å². The molecule has 32 heavy (non-hydrogen) atoms. The minimum absolute atomic E-state index is 0.193. The van der Waals surface area contributed by atoms with Crippen LogP contribution in [0, 0.1) is 16.7 Å². The van der Waals surface area contributed by atoms with Gasteiger partial charge in [0.1, 0.15) is 5.75 Å². The van der Waals surface area contributed by atoms with E-state index in [0.717, 1.165) is 49.0 Å². The lowest BCUT2D eigenvalue weighted by Gasteiger charge is -2.22. The zero-order chi connectivity index (χ0) is 23.2. The van der Waals surface area contributed by atoms with E-state index in [0.29, 0.717) is 32.0 Å². The fraction of sp³-hybridized carbons (Fsp3) is 0.481. The van der Waals surface area contributed by atoms with Crippen molar-refractivity contribution in [1.29, 1.82) is 5.26 Å². The van der Waals surface area contributed by atoms with Gasteiger partial charge < -0.3 is 14.2 Å². The van der Waals surface area contributed by atoms with E-state index >= 15 is 0 Å². The van der Waals surface area contributed by atoms with Crippen molar-refractivity contribution in [1.82, 2.24) is 0 Å². The molecule has 172 valence electrons. The molecule has 2 aromatic rings. The first-order valence-corrected chi connectivity index (χ1v) is 11.4. The molecule has 0 aliphatic heterocycles. The molecule has 0 fully saturated rings. The molecule has 0 unspecified atom stereocenters. The molecular weight excluding hydrogens is 402 g/mol. The van der Waals surface area contributed by atoms with E-state index in [2.05, 4.69) is 6.07 Å². The molecule has 0 aliphatic carbocycles. The van der Waals surface area contributed by atoms with Crippen LogP contribution in [0.1, 0.15) is 58.4 Å². The highest BCUT2D eigenvalue weighted by atomic mass is 16.5. The second kappa shape index (κ2) is 13.5. The molecule has 2 rings (SSSR count). The van der Waals surface area contributed by atoms with E-state index in [1.54, 1.807) is 0 Å². The maximum atomic E-state index is 12.2. The van der Waals surface area contributed by atoms with Gasteiger partial charge in [-0.2, -0.15) is 5.26 Å². The highest BCUT2D eigenvalue weighted by Gasteiger charge is 2.29. The Morgan fingerprint density at radius 3 is 2.06 bits per heavy atom. The monoisotopic (exact) mass is 437 g/mol. The van der Waals surface area contributed by atoms with Crippen molar-refractivity contribution in [3.63, 3.8) is 0 Å². The van der Waals surface area contributed by atoms with Gasteiger partial charge in [0.25, 0.3) is 0 Å². The molecule has 0 heterocycles. The number of hydrogen-bond donors (Lipinski definition) is 0. The third-order valence-electron chi connectivity index (χ3n) is 5.11. The van der Waals surface area contributed by atoms with Crippen molar-refractivity contribution in [2.45, 2.75) is 52.9 Å². The largest absolute Gasteiger partial charge is 0.494 e. The Hall–Kier alpha value is -2.84. The molecule has 0 amide bonds. The molecule has 0 spiro atoms. The van der Waals surface area contributed by atoms with Crippen LogP contribution in [0.15, 0.2) is 48.5 Å². The predicted molar refractivity (Wildman–Crippen MR) is 126 cm³/mol. The Bertz CT molecular complexity index is 851. The number of ether oxygens (including phenoxy) is 3. The summed E-state index contributed by atoms with van der Waals surface area (Å²) in [4.78, 5) is 12.2. The van der Waals surface area contributed by atoms with Crippen LogP contribution in [0.5, 0.6) is 5.75 Å². The maximum absolute atomic E-state index is 12.2. The van der Waals surface area contributed by atoms with Gasteiger partial charge in [0.05, 0.1) is 36.9 Å². The number of carbonyl (C=O) groups is 1. The van der Waals surface area contributed by atoms with Gasteiger partial charge in [0, 0.05) is 6.61 Å². The zero-order valence-corrected chi connectivity index (χ0v) is 19.6. The average molecular weight is 438 g/mol. The lowest BCUT2D eigenvalue weighted by atomic mass is 9.95. The van der Waals surface area contributed by atoms with Gasteiger partial charge in [-0.25, -0.2) is 0 Å². The van der Waals surface area contributed by atoms with Crippen molar-refractivity contribution in [2.24, 2.45) is 5.41 Å². The summed E-state index contributed by atoms with van der Waals surface area (Å²) in [6.45, 7) is 7.95. The number of hydrogen-bond acceptors (Lipinski definition) is 5. The number of unbranched alkanes of at least 4 members (excludes halogenated alkanes) is 3. The van der Waals surface area contributed by atoms with Gasteiger partial charge in [0.15, 0.2) is 0 Å². The molecule has 0 aromatic heterocycles. The van der Waals surface area contributed by atoms with Gasteiger partial charge in [-0.3, -0.25) is 4.79 Å². The van der Waals surface area contributed by atoms with E-state index in [9.17, 15) is 4.79 Å². The maximum Gasteiger partial charge on any atom is 0.313 e. The predicted octanol–water partition coefficient (Wildman–Crippen LogP) is 6.16. The second-order valence-electron chi connectivity index (χ2n) is 8.55. The van der Waals surface area contributed by atoms with Crippen LogP contribution in [0.25, 0.3) is 11.1 Å². The Balaban J connectivity index is 1.57. The molecule has 0 saturated carbocycles. The van der Waals surface area contributed by atoms with Crippen LogP contribution < -0.4 is 4.74 Å². The normalized spacial score (nSPS) is 11.1. The molecule has 0 atom stereocenters. The number of nitriles is 1. The topological polar surface area (TPSA) is 68.6 Å². The zero-order valence-electron chi connectivity index (χ0n) is 19.6. The fourth-order valence-corrected chi connectivity index (χ4v) is 3.12. The SMILES string of the molecule is CCCOCC(C)(C)C(=O)OCCCCCCOc1ccc(-c2ccc(C#N)cc2)cc1. The summed E-state index contributed by atoms with van der Waals surface area (Å²) in [6, 6.07) is 17.7. The van der Waals surface area contributed by atoms with Crippen LogP contribution in [0.2, 0.25) is 0 Å². The number of nitrogens with zero attached hydrogens (tertiary/aromatic N) is 1. The van der Waals surface area contributed by atoms with E-state index in [-0.39, 0.29) is 5.97 Å². The lowest BCUT2D eigenvalue weighted by Crippen LogP contribution is -2.32. The van der Waals surface area contributed by atoms with Gasteiger partial charge in [0.2, 0.25) is 0 Å². The Morgan fingerprint density at radius 1 is 0.875 bits per heavy atom. The highest BCUT2D eigenvalue weighted by Crippen LogP contribution is 2.23. The van der Waals surface area contributed by atoms with E-state index < -0.39 is 5.41 Å². The number of benzene rings is 2. The van der Waals surface area contributed by atoms with Crippen LogP contribution in [-0.4, -0.2) is 32.4 Å². The summed E-state index contributed by atoms with van der Waals surface area (Å²) in [6.07, 6.45) is 4.79. The van der Waals surface area contributed by atoms with Gasteiger partial charge in [-0.15, -0.1) is 0 Å². The smallest absolute Gasteiger partial charge is 0.313 e. The number of carbonyl (C=O) groups excluding carboxylic acids is 1. The van der Waals surface area contributed by atoms with Crippen LogP contribution in [0.3, 0.4) is 0 Å². The molecule has 0 N–H and O–H groups in total. The summed E-state index contributed by atoms with van der Waals surface area (Å²) in [5.74, 6) is 0.658. The summed E-state index contributed by atoms with van der Waals surface area (Å²) >= 11 is 0. The molecule has 0 aliphatic rings. The molecule has 5 heteroatoms. The molecule has 2 aromatic carbocycles. The van der Waals surface area contributed by atoms with E-state index in [1.807, 2.05) is 69.3 Å². The summed E-state index contributed by atoms with van der Waals surface area (Å²) in [5.41, 5.74) is 2.23. The number of esters is 1. The number of rotatable bonds is 14. The third-order valence-corrected chi connectivity index (χ3v) is 5.11. The first kappa shape index (κ1) is 25.4. The van der Waals surface area contributed by atoms with Crippen molar-refractivity contribution >= 4 is 5.97 Å². The molecule has 0 saturated heterocycles. The third kappa shape index (κ3) is 8.72.